The van der Waals surface area contributed by atoms with Gasteiger partial charge in [0.05, 0.1) is 17.9 Å². The number of nitrogens with zero attached hydrogens (tertiary/aromatic N) is 2. The first kappa shape index (κ1) is 16.9. The summed E-state index contributed by atoms with van der Waals surface area (Å²) in [6.07, 6.45) is 0. The average molecular weight is 394 g/mol. The molecule has 0 saturated heterocycles. The predicted octanol–water partition coefficient (Wildman–Crippen LogP) is 4.44. The molecule has 2 rings (SSSR count). The molecule has 0 atom stereocenters. The lowest BCUT2D eigenvalue weighted by molar-refractivity contribution is 0.0518. The molecule has 1 heterocycles. The molecule has 0 amide bonds. The molecule has 118 valence electrons. The Bertz CT molecular complexity index is 711. The molecule has 0 bridgehead atoms. The molecular weight excluding hydrogens is 382 g/mol. The number of carbonyl (C=O) groups excluding carboxylic acids is 1. The van der Waals surface area contributed by atoms with Gasteiger partial charge in [0.1, 0.15) is 16.7 Å². The first-order valence-electron chi connectivity index (χ1n) is 6.49. The summed E-state index contributed by atoms with van der Waals surface area (Å²) in [7, 11) is 0. The van der Waals surface area contributed by atoms with Gasteiger partial charge in [0.2, 0.25) is 0 Å². The molecule has 1 aromatic heterocycles. The van der Waals surface area contributed by atoms with Crippen molar-refractivity contribution in [2.45, 2.75) is 20.4 Å². The summed E-state index contributed by atoms with van der Waals surface area (Å²) in [4.78, 5) is 11.8. The summed E-state index contributed by atoms with van der Waals surface area (Å²) in [6, 6.07) is 2.23. The molecule has 0 unspecified atom stereocenters. The summed E-state index contributed by atoms with van der Waals surface area (Å²) in [5, 5.41) is 3.85. The maximum Gasteiger partial charge on any atom is 0.360 e. The topological polar surface area (TPSA) is 44.1 Å². The van der Waals surface area contributed by atoms with E-state index in [0.717, 1.165) is 12.1 Å². The average Bonchev–Trinajstić information content (AvgIpc) is 2.75. The highest BCUT2D eigenvalue weighted by Gasteiger charge is 2.27. The van der Waals surface area contributed by atoms with Crippen LogP contribution in [0.3, 0.4) is 0 Å². The molecule has 0 fully saturated rings. The zero-order valence-electron chi connectivity index (χ0n) is 11.8. The van der Waals surface area contributed by atoms with Gasteiger partial charge in [-0.1, -0.05) is 27.5 Å². The van der Waals surface area contributed by atoms with Crippen LogP contribution < -0.4 is 0 Å². The van der Waals surface area contributed by atoms with Gasteiger partial charge in [0.25, 0.3) is 0 Å². The summed E-state index contributed by atoms with van der Waals surface area (Å²) < 4.78 is 34.7. The van der Waals surface area contributed by atoms with Crippen molar-refractivity contribution in [3.05, 3.63) is 39.0 Å². The molecule has 22 heavy (non-hydrogen) atoms. The van der Waals surface area contributed by atoms with Crippen molar-refractivity contribution in [2.24, 2.45) is 0 Å². The largest absolute Gasteiger partial charge is 0.461 e. The first-order chi connectivity index (χ1) is 10.4. The second kappa shape index (κ2) is 6.75. The van der Waals surface area contributed by atoms with E-state index in [-0.39, 0.29) is 39.6 Å². The Morgan fingerprint density at radius 1 is 1.36 bits per heavy atom. The van der Waals surface area contributed by atoms with E-state index in [1.165, 1.54) is 4.68 Å². The Kier molecular flexibility index (Phi) is 5.18. The summed E-state index contributed by atoms with van der Waals surface area (Å²) in [6.45, 7) is 3.78. The number of esters is 1. The number of rotatable bonds is 4. The SMILES string of the molecule is CCOC(=O)c1nn(CC)c(-c2c(F)cc(Br)cc2F)c1Cl. The van der Waals surface area contributed by atoms with Gasteiger partial charge in [-0.05, 0) is 26.0 Å². The van der Waals surface area contributed by atoms with E-state index in [0.29, 0.717) is 0 Å². The lowest BCUT2D eigenvalue weighted by Crippen LogP contribution is -2.07. The molecule has 2 aromatic rings. The molecule has 0 aliphatic carbocycles. The van der Waals surface area contributed by atoms with Crippen molar-refractivity contribution in [2.75, 3.05) is 6.61 Å². The van der Waals surface area contributed by atoms with E-state index in [2.05, 4.69) is 21.0 Å². The van der Waals surface area contributed by atoms with Gasteiger partial charge in [0, 0.05) is 11.0 Å². The Morgan fingerprint density at radius 3 is 2.45 bits per heavy atom. The Labute approximate surface area is 139 Å². The third-order valence-electron chi connectivity index (χ3n) is 2.91. The van der Waals surface area contributed by atoms with E-state index in [1.54, 1.807) is 13.8 Å². The monoisotopic (exact) mass is 392 g/mol. The Balaban J connectivity index is 2.68. The van der Waals surface area contributed by atoms with E-state index < -0.39 is 17.6 Å². The zero-order valence-corrected chi connectivity index (χ0v) is 14.1. The van der Waals surface area contributed by atoms with Crippen molar-refractivity contribution in [1.82, 2.24) is 9.78 Å². The van der Waals surface area contributed by atoms with Gasteiger partial charge in [-0.25, -0.2) is 13.6 Å². The lowest BCUT2D eigenvalue weighted by Gasteiger charge is -2.08. The van der Waals surface area contributed by atoms with Crippen LogP contribution in [-0.2, 0) is 11.3 Å². The van der Waals surface area contributed by atoms with Crippen LogP contribution in [-0.4, -0.2) is 22.4 Å². The predicted molar refractivity (Wildman–Crippen MR) is 81.9 cm³/mol. The fourth-order valence-electron chi connectivity index (χ4n) is 2.01. The van der Waals surface area contributed by atoms with Crippen molar-refractivity contribution in [1.29, 1.82) is 0 Å². The molecule has 0 spiro atoms. The molecular formula is C14H12BrClF2N2O2. The number of ether oxygens (including phenoxy) is 1. The quantitative estimate of drug-likeness (QED) is 0.721. The van der Waals surface area contributed by atoms with E-state index >= 15 is 0 Å². The van der Waals surface area contributed by atoms with Crippen molar-refractivity contribution >= 4 is 33.5 Å². The van der Waals surface area contributed by atoms with Crippen LogP contribution in [0.2, 0.25) is 5.02 Å². The molecule has 0 saturated carbocycles. The van der Waals surface area contributed by atoms with Crippen LogP contribution in [0.5, 0.6) is 0 Å². The normalized spacial score (nSPS) is 10.8. The Morgan fingerprint density at radius 2 is 1.95 bits per heavy atom. The van der Waals surface area contributed by atoms with E-state index in [4.69, 9.17) is 16.3 Å². The van der Waals surface area contributed by atoms with E-state index in [1.807, 2.05) is 0 Å². The number of aromatic nitrogens is 2. The highest BCUT2D eigenvalue weighted by atomic mass is 79.9. The second-order valence-corrected chi connectivity index (χ2v) is 5.59. The molecule has 0 aliphatic heterocycles. The number of carbonyl (C=O) groups is 1. The van der Waals surface area contributed by atoms with Crippen molar-refractivity contribution in [3.63, 3.8) is 0 Å². The number of benzene rings is 1. The molecule has 1 aromatic carbocycles. The molecule has 0 N–H and O–H groups in total. The third kappa shape index (κ3) is 3.01. The number of hydrogen-bond donors (Lipinski definition) is 0. The van der Waals surface area contributed by atoms with Gasteiger partial charge in [-0.2, -0.15) is 5.10 Å². The van der Waals surface area contributed by atoms with Crippen LogP contribution in [0, 0.1) is 11.6 Å². The highest BCUT2D eigenvalue weighted by molar-refractivity contribution is 9.10. The van der Waals surface area contributed by atoms with Crippen LogP contribution in [0.15, 0.2) is 16.6 Å². The lowest BCUT2D eigenvalue weighted by atomic mass is 10.1. The fraction of sp³-hybridized carbons (Fsp3) is 0.286. The van der Waals surface area contributed by atoms with Crippen LogP contribution in [0.25, 0.3) is 11.3 Å². The van der Waals surface area contributed by atoms with Gasteiger partial charge < -0.3 is 4.74 Å². The molecule has 4 nitrogen and oxygen atoms in total. The van der Waals surface area contributed by atoms with Gasteiger partial charge in [-0.15, -0.1) is 0 Å². The summed E-state index contributed by atoms with van der Waals surface area (Å²) in [5.74, 6) is -2.35. The molecule has 0 aliphatic rings. The molecule has 0 radical (unpaired) electrons. The third-order valence-corrected chi connectivity index (χ3v) is 3.72. The van der Waals surface area contributed by atoms with Crippen LogP contribution >= 0.6 is 27.5 Å². The van der Waals surface area contributed by atoms with Gasteiger partial charge in [0.15, 0.2) is 5.69 Å². The minimum Gasteiger partial charge on any atom is -0.461 e. The van der Waals surface area contributed by atoms with Crippen LogP contribution in [0.1, 0.15) is 24.3 Å². The smallest absolute Gasteiger partial charge is 0.360 e. The second-order valence-electron chi connectivity index (χ2n) is 4.29. The molecule has 8 heteroatoms. The van der Waals surface area contributed by atoms with E-state index in [9.17, 15) is 13.6 Å². The highest BCUT2D eigenvalue weighted by Crippen LogP contribution is 2.36. The van der Waals surface area contributed by atoms with Gasteiger partial charge >= 0.3 is 5.97 Å². The van der Waals surface area contributed by atoms with Gasteiger partial charge in [-0.3, -0.25) is 4.68 Å². The first-order valence-corrected chi connectivity index (χ1v) is 7.66. The standard InChI is InChI=1S/C14H12BrClF2N2O2/c1-3-20-13(10-8(17)5-7(15)6-9(10)18)11(16)12(19-20)14(21)22-4-2/h5-6H,3-4H2,1-2H3. The maximum atomic E-state index is 14.2. The fourth-order valence-corrected chi connectivity index (χ4v) is 2.71. The number of halogens is 4. The zero-order chi connectivity index (χ0) is 16.4. The maximum absolute atomic E-state index is 14.2. The summed E-state index contributed by atoms with van der Waals surface area (Å²) >= 11 is 9.14. The van der Waals surface area contributed by atoms with Crippen molar-refractivity contribution in [3.8, 4) is 11.3 Å². The Hall–Kier alpha value is -1.47. The minimum atomic E-state index is -0.807. The summed E-state index contributed by atoms with van der Waals surface area (Å²) in [5.41, 5.74) is -0.491. The minimum absolute atomic E-state index is 0.00900. The number of hydrogen-bond acceptors (Lipinski definition) is 3. The number of aryl methyl sites for hydroxylation is 1. The van der Waals surface area contributed by atoms with Crippen LogP contribution in [0.4, 0.5) is 8.78 Å². The van der Waals surface area contributed by atoms with Crippen molar-refractivity contribution < 1.29 is 18.3 Å².